The average Bonchev–Trinajstić information content (AvgIpc) is 2.88. The number of rotatable bonds is 2. The number of nitrogens with one attached hydrogen (secondary N) is 1. The minimum atomic E-state index is -0.492. The first kappa shape index (κ1) is 16.5. The number of aromatic amines is 1. The Morgan fingerprint density at radius 3 is 2.46 bits per heavy atom. The van der Waals surface area contributed by atoms with Gasteiger partial charge in [-0.2, -0.15) is 0 Å². The van der Waals surface area contributed by atoms with Gasteiger partial charge in [0.1, 0.15) is 5.60 Å². The summed E-state index contributed by atoms with van der Waals surface area (Å²) in [4.78, 5) is 17.5. The highest BCUT2D eigenvalue weighted by atomic mass is 16.6. The van der Waals surface area contributed by atoms with E-state index in [4.69, 9.17) is 14.2 Å². The molecule has 6 heteroatoms. The molecule has 0 bridgehead atoms. The molecule has 0 saturated heterocycles. The van der Waals surface area contributed by atoms with Crippen LogP contribution < -0.4 is 9.47 Å². The zero-order valence-electron chi connectivity index (χ0n) is 14.9. The summed E-state index contributed by atoms with van der Waals surface area (Å²) in [5.74, 6) is 1.37. The minimum Gasteiger partial charge on any atom is -0.493 e. The normalized spacial score (nSPS) is 14.5. The Morgan fingerprint density at radius 1 is 1.17 bits per heavy atom. The minimum absolute atomic E-state index is 0.275. The van der Waals surface area contributed by atoms with Crippen molar-refractivity contribution in [1.29, 1.82) is 0 Å². The van der Waals surface area contributed by atoms with Gasteiger partial charge in [-0.1, -0.05) is 0 Å². The van der Waals surface area contributed by atoms with E-state index in [-0.39, 0.29) is 6.09 Å². The second kappa shape index (κ2) is 5.92. The first-order chi connectivity index (χ1) is 11.3. The zero-order chi connectivity index (χ0) is 17.5. The Hall–Kier alpha value is -2.37. The lowest BCUT2D eigenvalue weighted by Crippen LogP contribution is -2.39. The Bertz CT molecular complexity index is 773. The molecule has 0 unspecified atom stereocenters. The monoisotopic (exact) mass is 332 g/mol. The summed E-state index contributed by atoms with van der Waals surface area (Å²) in [5, 5.41) is 1.05. The highest BCUT2D eigenvalue weighted by Crippen LogP contribution is 2.36. The molecule has 2 heterocycles. The fraction of sp³-hybridized carbons (Fsp3) is 0.500. The lowest BCUT2D eigenvalue weighted by atomic mass is 10.0. The van der Waals surface area contributed by atoms with Crippen LogP contribution in [-0.4, -0.2) is 42.3 Å². The molecule has 130 valence electrons. The van der Waals surface area contributed by atoms with Crippen molar-refractivity contribution in [2.45, 2.75) is 39.3 Å². The van der Waals surface area contributed by atoms with Crippen LogP contribution in [0.1, 0.15) is 32.0 Å². The number of carbonyl (C=O) groups excluding carboxylic acids is 1. The summed E-state index contributed by atoms with van der Waals surface area (Å²) in [6, 6.07) is 3.90. The van der Waals surface area contributed by atoms with Gasteiger partial charge in [0.15, 0.2) is 11.5 Å². The van der Waals surface area contributed by atoms with Crippen LogP contribution in [0.2, 0.25) is 0 Å². The predicted octanol–water partition coefficient (Wildman–Crippen LogP) is 3.48. The molecule has 1 N–H and O–H groups in total. The van der Waals surface area contributed by atoms with Crippen LogP contribution in [0.5, 0.6) is 11.5 Å². The van der Waals surface area contributed by atoms with Gasteiger partial charge in [0.05, 0.1) is 20.8 Å². The van der Waals surface area contributed by atoms with Gasteiger partial charge in [-0.25, -0.2) is 4.79 Å². The van der Waals surface area contributed by atoms with Crippen molar-refractivity contribution in [2.75, 3.05) is 20.8 Å². The number of benzene rings is 1. The number of methoxy groups -OCH3 is 2. The molecule has 0 radical (unpaired) electrons. The van der Waals surface area contributed by atoms with Crippen molar-refractivity contribution in [3.63, 3.8) is 0 Å². The number of hydrogen-bond acceptors (Lipinski definition) is 4. The first-order valence-corrected chi connectivity index (χ1v) is 8.05. The van der Waals surface area contributed by atoms with Gasteiger partial charge in [-0.05, 0) is 26.8 Å². The lowest BCUT2D eigenvalue weighted by Gasteiger charge is -2.30. The van der Waals surface area contributed by atoms with Crippen molar-refractivity contribution >= 4 is 17.0 Å². The van der Waals surface area contributed by atoms with Gasteiger partial charge in [-0.15, -0.1) is 0 Å². The highest BCUT2D eigenvalue weighted by molar-refractivity contribution is 5.88. The van der Waals surface area contributed by atoms with Crippen LogP contribution >= 0.6 is 0 Å². The summed E-state index contributed by atoms with van der Waals surface area (Å²) in [7, 11) is 3.24. The molecule has 1 aromatic carbocycles. The van der Waals surface area contributed by atoms with Crippen LogP contribution in [0.3, 0.4) is 0 Å². The molecule has 0 spiro atoms. The summed E-state index contributed by atoms with van der Waals surface area (Å²) in [6.45, 7) is 6.80. The molecule has 0 fully saturated rings. The molecule has 1 aliphatic heterocycles. The first-order valence-electron chi connectivity index (χ1n) is 8.05. The molecule has 3 rings (SSSR count). The molecule has 0 atom stereocenters. The molecule has 6 nitrogen and oxygen atoms in total. The van der Waals surface area contributed by atoms with Crippen LogP contribution in [0.4, 0.5) is 4.79 Å². The number of amides is 1. The smallest absolute Gasteiger partial charge is 0.410 e. The maximum Gasteiger partial charge on any atom is 0.410 e. The maximum absolute atomic E-state index is 12.4. The van der Waals surface area contributed by atoms with E-state index in [9.17, 15) is 4.79 Å². The molecule has 2 aromatic rings. The molecular weight excluding hydrogens is 308 g/mol. The van der Waals surface area contributed by atoms with Crippen LogP contribution in [0.25, 0.3) is 10.9 Å². The number of nitrogens with zero attached hydrogens (tertiary/aromatic N) is 1. The van der Waals surface area contributed by atoms with Crippen LogP contribution in [0.15, 0.2) is 12.1 Å². The number of aromatic nitrogens is 1. The summed E-state index contributed by atoms with van der Waals surface area (Å²) in [6.07, 6.45) is 0.497. The van der Waals surface area contributed by atoms with Crippen molar-refractivity contribution in [2.24, 2.45) is 0 Å². The predicted molar refractivity (Wildman–Crippen MR) is 91.8 cm³/mol. The second-order valence-electron chi connectivity index (χ2n) is 6.99. The summed E-state index contributed by atoms with van der Waals surface area (Å²) < 4.78 is 16.3. The second-order valence-corrected chi connectivity index (χ2v) is 6.99. The molecule has 1 aliphatic rings. The van der Waals surface area contributed by atoms with E-state index < -0.39 is 5.60 Å². The SMILES string of the molecule is COc1cc2[nH]c3c(c2cc1OC)CN(C(=O)OC(C)(C)C)CC3. The van der Waals surface area contributed by atoms with E-state index >= 15 is 0 Å². The Labute approximate surface area is 141 Å². The standard InChI is InChI=1S/C18H24N2O4/c1-18(2,3)24-17(21)20-7-6-13-12(10-20)11-8-15(22-4)16(23-5)9-14(11)19-13/h8-9,19H,6-7,10H2,1-5H3. The van der Waals surface area contributed by atoms with Gasteiger partial charge in [-0.3, -0.25) is 0 Å². The number of carbonyl (C=O) groups is 1. The third kappa shape index (κ3) is 3.00. The summed E-state index contributed by atoms with van der Waals surface area (Å²) in [5.41, 5.74) is 2.76. The van der Waals surface area contributed by atoms with E-state index in [0.29, 0.717) is 24.6 Å². The van der Waals surface area contributed by atoms with Gasteiger partial charge in [0, 0.05) is 41.2 Å². The Morgan fingerprint density at radius 2 is 1.83 bits per heavy atom. The van der Waals surface area contributed by atoms with Gasteiger partial charge in [0.2, 0.25) is 0 Å². The van der Waals surface area contributed by atoms with Crippen molar-refractivity contribution in [3.8, 4) is 11.5 Å². The molecular formula is C18H24N2O4. The van der Waals surface area contributed by atoms with Crippen LogP contribution in [-0.2, 0) is 17.7 Å². The quantitative estimate of drug-likeness (QED) is 0.914. The molecule has 0 saturated carbocycles. The molecule has 0 aliphatic carbocycles. The number of H-pyrrole nitrogens is 1. The number of hydrogen-bond donors (Lipinski definition) is 1. The number of fused-ring (bicyclic) bond motifs is 3. The van der Waals surface area contributed by atoms with Crippen molar-refractivity contribution < 1.29 is 19.0 Å². The molecule has 1 amide bonds. The average molecular weight is 332 g/mol. The van der Waals surface area contributed by atoms with Crippen molar-refractivity contribution in [1.82, 2.24) is 9.88 Å². The van der Waals surface area contributed by atoms with Crippen LogP contribution in [0, 0.1) is 0 Å². The third-order valence-corrected chi connectivity index (χ3v) is 4.13. The topological polar surface area (TPSA) is 63.8 Å². The van der Waals surface area contributed by atoms with E-state index in [1.165, 1.54) is 0 Å². The van der Waals surface area contributed by atoms with Crippen molar-refractivity contribution in [3.05, 3.63) is 23.4 Å². The van der Waals surface area contributed by atoms with Gasteiger partial charge >= 0.3 is 6.09 Å². The number of ether oxygens (including phenoxy) is 3. The largest absolute Gasteiger partial charge is 0.493 e. The Balaban J connectivity index is 1.94. The van der Waals surface area contributed by atoms with E-state index in [0.717, 1.165) is 28.6 Å². The Kier molecular flexibility index (Phi) is 4.07. The maximum atomic E-state index is 12.4. The summed E-state index contributed by atoms with van der Waals surface area (Å²) >= 11 is 0. The molecule has 1 aromatic heterocycles. The third-order valence-electron chi connectivity index (χ3n) is 4.13. The fourth-order valence-corrected chi connectivity index (χ4v) is 3.03. The lowest BCUT2D eigenvalue weighted by molar-refractivity contribution is 0.0224. The van der Waals surface area contributed by atoms with Gasteiger partial charge < -0.3 is 24.1 Å². The van der Waals surface area contributed by atoms with E-state index in [1.807, 2.05) is 32.9 Å². The van der Waals surface area contributed by atoms with E-state index in [2.05, 4.69) is 4.98 Å². The fourth-order valence-electron chi connectivity index (χ4n) is 3.03. The highest BCUT2D eigenvalue weighted by Gasteiger charge is 2.28. The zero-order valence-corrected chi connectivity index (χ0v) is 14.9. The molecule has 24 heavy (non-hydrogen) atoms. The van der Waals surface area contributed by atoms with Gasteiger partial charge in [0.25, 0.3) is 0 Å². The van der Waals surface area contributed by atoms with E-state index in [1.54, 1.807) is 19.1 Å².